The van der Waals surface area contributed by atoms with E-state index >= 15 is 0 Å². The summed E-state index contributed by atoms with van der Waals surface area (Å²) in [5.41, 5.74) is 1.33. The molecule has 2 aliphatic heterocycles. The van der Waals surface area contributed by atoms with Gasteiger partial charge in [-0.05, 0) is 56.6 Å². The van der Waals surface area contributed by atoms with Crippen LogP contribution < -0.4 is 10.6 Å². The van der Waals surface area contributed by atoms with E-state index in [2.05, 4.69) is 40.8 Å². The SMILES string of the molecule is CCNC(=NCC1(SC)CCOCC1)NC1CCN(Cc2ccc(Cl)cc2)CC1.I. The number of ether oxygens (including phenoxy) is 1. The van der Waals surface area contributed by atoms with Crippen LogP contribution in [0.2, 0.25) is 5.02 Å². The highest BCUT2D eigenvalue weighted by Gasteiger charge is 2.31. The van der Waals surface area contributed by atoms with Crippen molar-refractivity contribution in [1.29, 1.82) is 0 Å². The Morgan fingerprint density at radius 3 is 2.50 bits per heavy atom. The summed E-state index contributed by atoms with van der Waals surface area (Å²) in [5.74, 6) is 0.962. The molecule has 2 aliphatic rings. The quantitative estimate of drug-likeness (QED) is 0.291. The van der Waals surface area contributed by atoms with Crippen LogP contribution in [-0.4, -0.2) is 67.3 Å². The van der Waals surface area contributed by atoms with Crippen LogP contribution in [0.5, 0.6) is 0 Å². The molecule has 30 heavy (non-hydrogen) atoms. The lowest BCUT2D eigenvalue weighted by Crippen LogP contribution is -2.49. The summed E-state index contributed by atoms with van der Waals surface area (Å²) >= 11 is 7.94. The summed E-state index contributed by atoms with van der Waals surface area (Å²) in [4.78, 5) is 7.49. The summed E-state index contributed by atoms with van der Waals surface area (Å²) in [7, 11) is 0. The van der Waals surface area contributed by atoms with E-state index in [0.717, 1.165) is 82.6 Å². The lowest BCUT2D eigenvalue weighted by Gasteiger charge is -2.35. The summed E-state index contributed by atoms with van der Waals surface area (Å²) < 4.78 is 5.78. The minimum absolute atomic E-state index is 0. The fourth-order valence-electron chi connectivity index (χ4n) is 3.99. The maximum absolute atomic E-state index is 5.99. The summed E-state index contributed by atoms with van der Waals surface area (Å²) in [6.07, 6.45) is 6.65. The van der Waals surface area contributed by atoms with Crippen molar-refractivity contribution in [3.63, 3.8) is 0 Å². The zero-order chi connectivity index (χ0) is 20.5. The Kier molecular flexibility index (Phi) is 11.6. The zero-order valence-corrected chi connectivity index (χ0v) is 22.1. The number of thioether (sulfide) groups is 1. The molecule has 0 radical (unpaired) electrons. The van der Waals surface area contributed by atoms with Gasteiger partial charge in [0, 0.05) is 55.2 Å². The Labute approximate surface area is 208 Å². The van der Waals surface area contributed by atoms with Gasteiger partial charge in [0.15, 0.2) is 5.96 Å². The monoisotopic (exact) mass is 566 g/mol. The zero-order valence-electron chi connectivity index (χ0n) is 18.2. The predicted octanol–water partition coefficient (Wildman–Crippen LogP) is 4.39. The lowest BCUT2D eigenvalue weighted by molar-refractivity contribution is 0.0794. The van der Waals surface area contributed by atoms with Gasteiger partial charge < -0.3 is 15.4 Å². The highest BCUT2D eigenvalue weighted by molar-refractivity contribution is 14.0. The second-order valence-corrected chi connectivity index (χ2v) is 9.73. The molecule has 0 unspecified atom stereocenters. The Hall–Kier alpha value is -0.220. The molecule has 0 spiro atoms. The van der Waals surface area contributed by atoms with Crippen LogP contribution in [0.1, 0.15) is 38.2 Å². The van der Waals surface area contributed by atoms with Crippen molar-refractivity contribution < 1.29 is 4.74 Å². The first-order valence-corrected chi connectivity index (χ1v) is 12.4. The molecule has 170 valence electrons. The molecule has 8 heteroatoms. The molecule has 2 saturated heterocycles. The summed E-state index contributed by atoms with van der Waals surface area (Å²) in [6.45, 7) is 8.77. The van der Waals surface area contributed by atoms with Gasteiger partial charge in [-0.25, -0.2) is 0 Å². The largest absolute Gasteiger partial charge is 0.381 e. The first kappa shape index (κ1) is 26.0. The molecule has 5 nitrogen and oxygen atoms in total. The van der Waals surface area contributed by atoms with Gasteiger partial charge in [-0.1, -0.05) is 23.7 Å². The summed E-state index contributed by atoms with van der Waals surface area (Å²) in [5, 5.41) is 7.93. The second kappa shape index (κ2) is 13.4. The number of hydrogen-bond donors (Lipinski definition) is 2. The number of likely N-dealkylation sites (tertiary alicyclic amines) is 1. The van der Waals surface area contributed by atoms with Crippen molar-refractivity contribution >= 4 is 53.3 Å². The van der Waals surface area contributed by atoms with Crippen molar-refractivity contribution in [3.05, 3.63) is 34.9 Å². The van der Waals surface area contributed by atoms with Crippen LogP contribution >= 0.6 is 47.3 Å². The third kappa shape index (κ3) is 8.04. The van der Waals surface area contributed by atoms with Crippen molar-refractivity contribution in [2.75, 3.05) is 45.6 Å². The van der Waals surface area contributed by atoms with E-state index < -0.39 is 0 Å². The Morgan fingerprint density at radius 2 is 1.90 bits per heavy atom. The number of aliphatic imine (C=N–C) groups is 1. The molecular formula is C22H36ClIN4OS. The van der Waals surface area contributed by atoms with E-state index in [1.54, 1.807) is 0 Å². The molecule has 2 N–H and O–H groups in total. The average molecular weight is 567 g/mol. The lowest BCUT2D eigenvalue weighted by atomic mass is 9.99. The number of piperidine rings is 1. The second-order valence-electron chi connectivity index (χ2n) is 8.02. The molecule has 0 aliphatic carbocycles. The van der Waals surface area contributed by atoms with E-state index in [1.807, 2.05) is 23.9 Å². The van der Waals surface area contributed by atoms with E-state index in [-0.39, 0.29) is 28.7 Å². The molecule has 0 atom stereocenters. The van der Waals surface area contributed by atoms with Gasteiger partial charge in [0.25, 0.3) is 0 Å². The first-order valence-electron chi connectivity index (χ1n) is 10.8. The number of guanidine groups is 1. The highest BCUT2D eigenvalue weighted by atomic mass is 127. The average Bonchev–Trinajstić information content (AvgIpc) is 2.76. The number of benzene rings is 1. The van der Waals surface area contributed by atoms with Gasteiger partial charge >= 0.3 is 0 Å². The minimum atomic E-state index is 0. The fraction of sp³-hybridized carbons (Fsp3) is 0.682. The van der Waals surface area contributed by atoms with E-state index in [0.29, 0.717) is 6.04 Å². The fourth-order valence-corrected chi connectivity index (χ4v) is 4.88. The van der Waals surface area contributed by atoms with Crippen molar-refractivity contribution in [2.45, 2.75) is 49.9 Å². The third-order valence-electron chi connectivity index (χ3n) is 5.95. The van der Waals surface area contributed by atoms with Crippen LogP contribution in [0.3, 0.4) is 0 Å². The van der Waals surface area contributed by atoms with E-state index in [9.17, 15) is 0 Å². The first-order chi connectivity index (χ1) is 14.1. The topological polar surface area (TPSA) is 48.9 Å². The van der Waals surface area contributed by atoms with Crippen LogP contribution in [0.15, 0.2) is 29.3 Å². The molecule has 0 saturated carbocycles. The molecule has 0 bridgehead atoms. The predicted molar refractivity (Wildman–Crippen MR) is 141 cm³/mol. The molecule has 2 heterocycles. The normalized spacial score (nSPS) is 20.4. The number of rotatable bonds is 7. The van der Waals surface area contributed by atoms with E-state index in [1.165, 1.54) is 5.56 Å². The van der Waals surface area contributed by atoms with Gasteiger partial charge in [0.2, 0.25) is 0 Å². The Balaban J connectivity index is 0.00000320. The highest BCUT2D eigenvalue weighted by Crippen LogP contribution is 2.34. The smallest absolute Gasteiger partial charge is 0.191 e. The molecule has 3 rings (SSSR count). The number of nitrogens with zero attached hydrogens (tertiary/aromatic N) is 2. The standard InChI is InChI=1S/C22H35ClN4OS.HI/c1-3-24-21(25-17-22(29-2)10-14-28-15-11-22)26-20-8-12-27(13-9-20)16-18-4-6-19(23)7-5-18;/h4-7,20H,3,8-17H2,1-2H3,(H2,24,25,26);1H. The summed E-state index contributed by atoms with van der Waals surface area (Å²) in [6, 6.07) is 8.68. The van der Waals surface area contributed by atoms with Crippen molar-refractivity contribution in [2.24, 2.45) is 4.99 Å². The van der Waals surface area contributed by atoms with Gasteiger partial charge in [-0.3, -0.25) is 9.89 Å². The molecule has 1 aromatic carbocycles. The van der Waals surface area contributed by atoms with Crippen LogP contribution in [-0.2, 0) is 11.3 Å². The maximum atomic E-state index is 5.99. The van der Waals surface area contributed by atoms with E-state index in [4.69, 9.17) is 21.3 Å². The number of hydrogen-bond acceptors (Lipinski definition) is 4. The molecule has 0 aromatic heterocycles. The maximum Gasteiger partial charge on any atom is 0.191 e. The number of halogens is 2. The van der Waals surface area contributed by atoms with Gasteiger partial charge in [-0.15, -0.1) is 24.0 Å². The van der Waals surface area contributed by atoms with Crippen LogP contribution in [0.25, 0.3) is 0 Å². The van der Waals surface area contributed by atoms with Crippen LogP contribution in [0, 0.1) is 0 Å². The van der Waals surface area contributed by atoms with Gasteiger partial charge in [-0.2, -0.15) is 11.8 Å². The van der Waals surface area contributed by atoms with Crippen LogP contribution in [0.4, 0.5) is 0 Å². The molecular weight excluding hydrogens is 531 g/mol. The Bertz CT molecular complexity index is 647. The van der Waals surface area contributed by atoms with Crippen molar-refractivity contribution in [1.82, 2.24) is 15.5 Å². The van der Waals surface area contributed by atoms with Crippen molar-refractivity contribution in [3.8, 4) is 0 Å². The number of nitrogens with one attached hydrogen (secondary N) is 2. The third-order valence-corrected chi connectivity index (χ3v) is 7.61. The molecule has 1 aromatic rings. The molecule has 2 fully saturated rings. The van der Waals surface area contributed by atoms with Gasteiger partial charge in [0.1, 0.15) is 0 Å². The van der Waals surface area contributed by atoms with Gasteiger partial charge in [0.05, 0.1) is 6.54 Å². The molecule has 0 amide bonds. The Morgan fingerprint density at radius 1 is 1.23 bits per heavy atom. The minimum Gasteiger partial charge on any atom is -0.381 e.